The van der Waals surface area contributed by atoms with E-state index in [4.69, 9.17) is 4.74 Å². The van der Waals surface area contributed by atoms with Gasteiger partial charge in [0.15, 0.2) is 5.65 Å². The number of nitrogens with zero attached hydrogens (tertiary/aromatic N) is 3. The van der Waals surface area contributed by atoms with Crippen molar-refractivity contribution in [2.75, 3.05) is 7.11 Å². The summed E-state index contributed by atoms with van der Waals surface area (Å²) < 4.78 is 7.39. The number of carbonyl (C=O) groups excluding carboxylic acids is 1. The lowest BCUT2D eigenvalue weighted by Crippen LogP contribution is -2.30. The minimum atomic E-state index is -0.228. The van der Waals surface area contributed by atoms with Gasteiger partial charge in [-0.2, -0.15) is 0 Å². The quantitative estimate of drug-likeness (QED) is 0.738. The maximum atomic E-state index is 12.5. The van der Waals surface area contributed by atoms with Gasteiger partial charge in [-0.05, 0) is 39.0 Å². The molecule has 0 fully saturated rings. The van der Waals surface area contributed by atoms with Gasteiger partial charge in [0.05, 0.1) is 19.6 Å². The minimum absolute atomic E-state index is 0.0719. The maximum Gasteiger partial charge on any atom is 0.225 e. The topological polar surface area (TPSA) is 69.0 Å². The Morgan fingerprint density at radius 3 is 2.69 bits per heavy atom. The average molecular weight is 352 g/mol. The van der Waals surface area contributed by atoms with Crippen LogP contribution in [0.25, 0.3) is 11.2 Å². The van der Waals surface area contributed by atoms with Gasteiger partial charge in [0.2, 0.25) is 5.91 Å². The molecule has 1 atom stereocenters. The lowest BCUT2D eigenvalue weighted by molar-refractivity contribution is -0.121. The monoisotopic (exact) mass is 352 g/mol. The Morgan fingerprint density at radius 2 is 1.96 bits per heavy atom. The lowest BCUT2D eigenvalue weighted by atomic mass is 10.1. The fourth-order valence-electron chi connectivity index (χ4n) is 3.14. The minimum Gasteiger partial charge on any atom is -0.496 e. The number of carbonyl (C=O) groups is 1. The predicted octanol–water partition coefficient (Wildman–Crippen LogP) is 3.44. The molecule has 0 spiro atoms. The summed E-state index contributed by atoms with van der Waals surface area (Å²) in [5.74, 6) is 1.45. The zero-order valence-electron chi connectivity index (χ0n) is 15.6. The van der Waals surface area contributed by atoms with Crippen molar-refractivity contribution < 1.29 is 9.53 Å². The Balaban J connectivity index is 1.81. The molecule has 0 saturated carbocycles. The fourth-order valence-corrected chi connectivity index (χ4v) is 3.14. The lowest BCUT2D eigenvalue weighted by Gasteiger charge is -2.18. The van der Waals surface area contributed by atoms with Crippen LogP contribution in [-0.2, 0) is 11.2 Å². The Kier molecular flexibility index (Phi) is 5.21. The van der Waals surface area contributed by atoms with Crippen LogP contribution in [0.2, 0.25) is 0 Å². The van der Waals surface area contributed by atoms with Gasteiger partial charge in [-0.1, -0.05) is 18.2 Å². The summed E-state index contributed by atoms with van der Waals surface area (Å²) in [6.07, 6.45) is 2.02. The van der Waals surface area contributed by atoms with Gasteiger partial charge in [0.1, 0.15) is 17.1 Å². The number of methoxy groups -OCH3 is 1. The van der Waals surface area contributed by atoms with Gasteiger partial charge in [-0.25, -0.2) is 9.97 Å². The van der Waals surface area contributed by atoms with Crippen molar-refractivity contribution in [2.45, 2.75) is 39.3 Å². The molecule has 0 radical (unpaired) electrons. The van der Waals surface area contributed by atoms with Crippen LogP contribution >= 0.6 is 0 Å². The number of benzene rings is 1. The highest BCUT2D eigenvalue weighted by Gasteiger charge is 2.21. The van der Waals surface area contributed by atoms with Crippen LogP contribution in [0.3, 0.4) is 0 Å². The molecule has 136 valence electrons. The van der Waals surface area contributed by atoms with Crippen LogP contribution in [0.5, 0.6) is 5.75 Å². The van der Waals surface area contributed by atoms with E-state index in [2.05, 4.69) is 33.7 Å². The molecule has 3 rings (SSSR count). The van der Waals surface area contributed by atoms with E-state index < -0.39 is 0 Å². The molecule has 2 aromatic heterocycles. The normalized spacial score (nSPS) is 12.3. The first-order valence-corrected chi connectivity index (χ1v) is 8.75. The summed E-state index contributed by atoms with van der Waals surface area (Å²) in [7, 11) is 1.61. The number of ether oxygens (including phenoxy) is 1. The predicted molar refractivity (Wildman–Crippen MR) is 101 cm³/mol. The van der Waals surface area contributed by atoms with E-state index in [1.165, 1.54) is 0 Å². The van der Waals surface area contributed by atoms with Gasteiger partial charge in [0, 0.05) is 17.8 Å². The molecule has 0 aliphatic rings. The molecule has 1 unspecified atom stereocenters. The van der Waals surface area contributed by atoms with Gasteiger partial charge >= 0.3 is 0 Å². The number of para-hydroxylation sites is 1. The molecule has 6 nitrogen and oxygen atoms in total. The second kappa shape index (κ2) is 7.56. The first kappa shape index (κ1) is 17.9. The zero-order chi connectivity index (χ0) is 18.7. The summed E-state index contributed by atoms with van der Waals surface area (Å²) in [6.45, 7) is 6.12. The highest BCUT2D eigenvalue weighted by molar-refractivity contribution is 5.80. The largest absolute Gasteiger partial charge is 0.496 e. The van der Waals surface area contributed by atoms with Crippen molar-refractivity contribution in [3.8, 4) is 5.75 Å². The van der Waals surface area contributed by atoms with E-state index in [0.29, 0.717) is 5.75 Å². The summed E-state index contributed by atoms with van der Waals surface area (Å²) in [5.41, 5.74) is 2.53. The van der Waals surface area contributed by atoms with Crippen LogP contribution < -0.4 is 10.1 Å². The van der Waals surface area contributed by atoms with E-state index in [9.17, 15) is 4.79 Å². The van der Waals surface area contributed by atoms with E-state index in [1.807, 2.05) is 43.3 Å². The molecule has 1 amide bonds. The number of imidazole rings is 1. The summed E-state index contributed by atoms with van der Waals surface area (Å²) in [6, 6.07) is 11.3. The van der Waals surface area contributed by atoms with Crippen molar-refractivity contribution in [3.63, 3.8) is 0 Å². The standard InChI is InChI=1S/C20H24N4O2/c1-13(2)24-19(23-16-9-7-11-21-20(16)24)14(3)22-18(25)12-15-8-5-6-10-17(15)26-4/h5-11,13-14H,12H2,1-4H3,(H,22,25). The molecule has 0 aliphatic heterocycles. The second-order valence-corrected chi connectivity index (χ2v) is 6.56. The summed E-state index contributed by atoms with van der Waals surface area (Å²) >= 11 is 0. The Bertz CT molecular complexity index is 917. The van der Waals surface area contributed by atoms with Crippen molar-refractivity contribution in [1.29, 1.82) is 0 Å². The first-order chi connectivity index (χ1) is 12.5. The highest BCUT2D eigenvalue weighted by atomic mass is 16.5. The summed E-state index contributed by atoms with van der Waals surface area (Å²) in [4.78, 5) is 21.7. The number of nitrogens with one attached hydrogen (secondary N) is 1. The van der Waals surface area contributed by atoms with E-state index >= 15 is 0 Å². The van der Waals surface area contributed by atoms with Gasteiger partial charge in [-0.3, -0.25) is 4.79 Å². The zero-order valence-corrected chi connectivity index (χ0v) is 15.6. The van der Waals surface area contributed by atoms with Crippen LogP contribution in [0.1, 0.15) is 44.2 Å². The maximum absolute atomic E-state index is 12.5. The number of hydrogen-bond donors (Lipinski definition) is 1. The van der Waals surface area contributed by atoms with Crippen molar-refractivity contribution in [2.24, 2.45) is 0 Å². The molecular formula is C20H24N4O2. The fraction of sp³-hybridized carbons (Fsp3) is 0.350. The Morgan fingerprint density at radius 1 is 1.19 bits per heavy atom. The molecule has 1 N–H and O–H groups in total. The molecule has 3 aromatic rings. The summed E-state index contributed by atoms with van der Waals surface area (Å²) in [5, 5.41) is 3.05. The van der Waals surface area contributed by atoms with Crippen molar-refractivity contribution >= 4 is 17.1 Å². The molecule has 6 heteroatoms. The molecule has 0 saturated heterocycles. The number of aromatic nitrogens is 3. The molecule has 1 aromatic carbocycles. The molecule has 0 bridgehead atoms. The van der Waals surface area contributed by atoms with Crippen LogP contribution in [0.15, 0.2) is 42.6 Å². The third kappa shape index (κ3) is 3.54. The third-order valence-electron chi connectivity index (χ3n) is 4.30. The van der Waals surface area contributed by atoms with Gasteiger partial charge in [0.25, 0.3) is 0 Å². The van der Waals surface area contributed by atoms with E-state index in [-0.39, 0.29) is 24.4 Å². The van der Waals surface area contributed by atoms with Crippen molar-refractivity contribution in [1.82, 2.24) is 19.9 Å². The number of hydrogen-bond acceptors (Lipinski definition) is 4. The van der Waals surface area contributed by atoms with Crippen LogP contribution in [0.4, 0.5) is 0 Å². The highest BCUT2D eigenvalue weighted by Crippen LogP contribution is 2.24. The Labute approximate surface area is 153 Å². The third-order valence-corrected chi connectivity index (χ3v) is 4.30. The number of pyridine rings is 1. The molecule has 2 heterocycles. The van der Waals surface area contributed by atoms with Crippen LogP contribution in [0, 0.1) is 0 Å². The number of rotatable bonds is 6. The second-order valence-electron chi connectivity index (χ2n) is 6.56. The smallest absolute Gasteiger partial charge is 0.225 e. The van der Waals surface area contributed by atoms with Gasteiger partial charge in [-0.15, -0.1) is 0 Å². The average Bonchev–Trinajstić information content (AvgIpc) is 3.02. The number of fused-ring (bicyclic) bond motifs is 1. The van der Waals surface area contributed by atoms with Gasteiger partial charge < -0.3 is 14.6 Å². The molecular weight excluding hydrogens is 328 g/mol. The van der Waals surface area contributed by atoms with Crippen LogP contribution in [-0.4, -0.2) is 27.6 Å². The molecule has 0 aliphatic carbocycles. The van der Waals surface area contributed by atoms with E-state index in [0.717, 1.165) is 22.6 Å². The number of amides is 1. The SMILES string of the molecule is COc1ccccc1CC(=O)NC(C)c1nc2cccnc2n1C(C)C. The van der Waals surface area contributed by atoms with E-state index in [1.54, 1.807) is 13.3 Å². The Hall–Kier alpha value is -2.89. The molecule has 26 heavy (non-hydrogen) atoms. The first-order valence-electron chi connectivity index (χ1n) is 8.75. The van der Waals surface area contributed by atoms with Crippen molar-refractivity contribution in [3.05, 3.63) is 54.0 Å².